The molecule has 11 heavy (non-hydrogen) atoms. The fourth-order valence-corrected chi connectivity index (χ4v) is 2.12. The van der Waals surface area contributed by atoms with Gasteiger partial charge in [-0.2, -0.15) is 0 Å². The van der Waals surface area contributed by atoms with Gasteiger partial charge in [0.2, 0.25) is 0 Å². The van der Waals surface area contributed by atoms with E-state index < -0.39 is 0 Å². The Morgan fingerprint density at radius 3 is 2.64 bits per heavy atom. The van der Waals surface area contributed by atoms with Crippen molar-refractivity contribution in [1.29, 1.82) is 0 Å². The maximum atomic E-state index is 9.31. The third kappa shape index (κ3) is 1.16. The van der Waals surface area contributed by atoms with E-state index in [2.05, 4.69) is 10.2 Å². The Morgan fingerprint density at radius 1 is 1.45 bits per heavy atom. The van der Waals surface area contributed by atoms with Gasteiger partial charge in [0.15, 0.2) is 0 Å². The standard InChI is InChI=1S/C7H10N2OS/c1-4-8-9-7(11-4)5-2-3-6(5)10/h5-6,10H,2-3H2,1H3. The van der Waals surface area contributed by atoms with E-state index in [1.54, 1.807) is 11.3 Å². The highest BCUT2D eigenvalue weighted by atomic mass is 32.1. The van der Waals surface area contributed by atoms with Crippen LogP contribution in [0.4, 0.5) is 0 Å². The first kappa shape index (κ1) is 7.18. The molecule has 2 rings (SSSR count). The van der Waals surface area contributed by atoms with Crippen molar-refractivity contribution in [1.82, 2.24) is 10.2 Å². The van der Waals surface area contributed by atoms with Gasteiger partial charge in [-0.25, -0.2) is 0 Å². The average molecular weight is 170 g/mol. The van der Waals surface area contributed by atoms with Crippen LogP contribution in [-0.4, -0.2) is 21.4 Å². The summed E-state index contributed by atoms with van der Waals surface area (Å²) in [5.74, 6) is 0.279. The van der Waals surface area contributed by atoms with Gasteiger partial charge in [0.1, 0.15) is 10.0 Å². The van der Waals surface area contributed by atoms with E-state index in [9.17, 15) is 5.11 Å². The summed E-state index contributed by atoms with van der Waals surface area (Å²) in [5, 5.41) is 19.2. The topological polar surface area (TPSA) is 46.0 Å². The number of nitrogens with zero attached hydrogens (tertiary/aromatic N) is 2. The van der Waals surface area contributed by atoms with Crippen LogP contribution < -0.4 is 0 Å². The molecule has 1 heterocycles. The molecule has 1 saturated carbocycles. The zero-order valence-corrected chi connectivity index (χ0v) is 7.14. The van der Waals surface area contributed by atoms with Crippen LogP contribution in [0, 0.1) is 6.92 Å². The summed E-state index contributed by atoms with van der Waals surface area (Å²) in [6.07, 6.45) is 1.82. The summed E-state index contributed by atoms with van der Waals surface area (Å²) >= 11 is 1.59. The second-order valence-corrected chi connectivity index (χ2v) is 4.12. The fraction of sp³-hybridized carbons (Fsp3) is 0.714. The number of aromatic nitrogens is 2. The molecule has 4 heteroatoms. The van der Waals surface area contributed by atoms with Crippen molar-refractivity contribution < 1.29 is 5.11 Å². The molecule has 1 N–H and O–H groups in total. The molecule has 60 valence electrons. The summed E-state index contributed by atoms with van der Waals surface area (Å²) in [7, 11) is 0. The summed E-state index contributed by atoms with van der Waals surface area (Å²) in [4.78, 5) is 0. The second kappa shape index (κ2) is 2.53. The third-order valence-electron chi connectivity index (χ3n) is 2.10. The minimum Gasteiger partial charge on any atom is -0.392 e. The molecule has 1 aromatic rings. The lowest BCUT2D eigenvalue weighted by Gasteiger charge is -2.29. The zero-order valence-electron chi connectivity index (χ0n) is 6.32. The number of rotatable bonds is 1. The van der Waals surface area contributed by atoms with Crippen LogP contribution in [0.5, 0.6) is 0 Å². The van der Waals surface area contributed by atoms with Crippen LogP contribution in [0.3, 0.4) is 0 Å². The maximum absolute atomic E-state index is 9.31. The van der Waals surface area contributed by atoms with E-state index in [0.717, 1.165) is 22.9 Å². The Bertz CT molecular complexity index is 261. The number of aliphatic hydroxyl groups excluding tert-OH is 1. The molecule has 3 nitrogen and oxygen atoms in total. The molecule has 0 bridgehead atoms. The first-order chi connectivity index (χ1) is 5.27. The highest BCUT2D eigenvalue weighted by molar-refractivity contribution is 7.11. The fourth-order valence-electron chi connectivity index (χ4n) is 1.23. The first-order valence-electron chi connectivity index (χ1n) is 3.75. The first-order valence-corrected chi connectivity index (χ1v) is 4.57. The van der Waals surface area contributed by atoms with Crippen molar-refractivity contribution in [2.24, 2.45) is 0 Å². The number of hydrogen-bond acceptors (Lipinski definition) is 4. The molecule has 2 unspecified atom stereocenters. The molecule has 2 atom stereocenters. The van der Waals surface area contributed by atoms with Crippen molar-refractivity contribution in [2.75, 3.05) is 0 Å². The minimum atomic E-state index is -0.164. The molecule has 0 spiro atoms. The Hall–Kier alpha value is -0.480. The lowest BCUT2D eigenvalue weighted by molar-refractivity contribution is 0.0657. The molecule has 0 amide bonds. The Labute approximate surface area is 69.1 Å². The zero-order chi connectivity index (χ0) is 7.84. The molecular formula is C7H10N2OS. The minimum absolute atomic E-state index is 0.164. The number of hydrogen-bond donors (Lipinski definition) is 1. The van der Waals surface area contributed by atoms with Gasteiger partial charge in [-0.05, 0) is 19.8 Å². The Balaban J connectivity index is 2.16. The molecule has 1 fully saturated rings. The molecule has 1 aliphatic carbocycles. The molecule has 1 aliphatic rings. The second-order valence-electron chi connectivity index (χ2n) is 2.91. The van der Waals surface area contributed by atoms with E-state index in [4.69, 9.17) is 0 Å². The van der Waals surface area contributed by atoms with E-state index in [0.29, 0.717) is 0 Å². The SMILES string of the molecule is Cc1nnc(C2CCC2O)s1. The van der Waals surface area contributed by atoms with Gasteiger partial charge in [-0.1, -0.05) is 0 Å². The Morgan fingerprint density at radius 2 is 2.27 bits per heavy atom. The Kier molecular flexibility index (Phi) is 1.65. The molecule has 0 aromatic carbocycles. The van der Waals surface area contributed by atoms with E-state index in [1.807, 2.05) is 6.92 Å². The largest absolute Gasteiger partial charge is 0.392 e. The van der Waals surface area contributed by atoms with E-state index >= 15 is 0 Å². The van der Waals surface area contributed by atoms with Crippen molar-refractivity contribution in [3.8, 4) is 0 Å². The van der Waals surface area contributed by atoms with Gasteiger partial charge >= 0.3 is 0 Å². The van der Waals surface area contributed by atoms with Gasteiger partial charge < -0.3 is 5.11 Å². The van der Waals surface area contributed by atoms with Crippen LogP contribution in [0.2, 0.25) is 0 Å². The quantitative estimate of drug-likeness (QED) is 0.686. The summed E-state index contributed by atoms with van der Waals surface area (Å²) in [5.41, 5.74) is 0. The molecule has 0 radical (unpaired) electrons. The maximum Gasteiger partial charge on any atom is 0.123 e. The third-order valence-corrected chi connectivity index (χ3v) is 3.07. The number of aliphatic hydroxyl groups is 1. The summed E-state index contributed by atoms with van der Waals surface area (Å²) in [6, 6.07) is 0. The van der Waals surface area contributed by atoms with Crippen molar-refractivity contribution in [3.05, 3.63) is 10.0 Å². The normalized spacial score (nSPS) is 30.0. The molecule has 0 saturated heterocycles. The molecule has 0 aliphatic heterocycles. The van der Waals surface area contributed by atoms with E-state index in [-0.39, 0.29) is 12.0 Å². The van der Waals surface area contributed by atoms with Crippen LogP contribution in [0.25, 0.3) is 0 Å². The summed E-state index contributed by atoms with van der Waals surface area (Å²) in [6.45, 7) is 1.94. The van der Waals surface area contributed by atoms with Gasteiger partial charge in [0.05, 0.1) is 6.10 Å². The molecular weight excluding hydrogens is 160 g/mol. The average Bonchev–Trinajstić information content (AvgIpc) is 2.33. The molecule has 1 aromatic heterocycles. The van der Waals surface area contributed by atoms with Crippen LogP contribution in [0.1, 0.15) is 28.8 Å². The van der Waals surface area contributed by atoms with Gasteiger partial charge in [0, 0.05) is 5.92 Å². The lowest BCUT2D eigenvalue weighted by atomic mass is 9.83. The van der Waals surface area contributed by atoms with E-state index in [1.165, 1.54) is 0 Å². The van der Waals surface area contributed by atoms with Crippen LogP contribution in [0.15, 0.2) is 0 Å². The van der Waals surface area contributed by atoms with Crippen molar-refractivity contribution >= 4 is 11.3 Å². The van der Waals surface area contributed by atoms with Gasteiger partial charge in [0.25, 0.3) is 0 Å². The van der Waals surface area contributed by atoms with Crippen molar-refractivity contribution in [2.45, 2.75) is 31.8 Å². The van der Waals surface area contributed by atoms with Gasteiger partial charge in [-0.3, -0.25) is 0 Å². The monoisotopic (exact) mass is 170 g/mol. The smallest absolute Gasteiger partial charge is 0.123 e. The predicted octanol–water partition coefficient (Wildman–Crippen LogP) is 1.08. The van der Waals surface area contributed by atoms with Gasteiger partial charge in [-0.15, -0.1) is 21.5 Å². The highest BCUT2D eigenvalue weighted by Gasteiger charge is 2.32. The van der Waals surface area contributed by atoms with Crippen LogP contribution in [-0.2, 0) is 0 Å². The van der Waals surface area contributed by atoms with Crippen molar-refractivity contribution in [3.63, 3.8) is 0 Å². The predicted molar refractivity (Wildman–Crippen MR) is 42.6 cm³/mol. The lowest BCUT2D eigenvalue weighted by Crippen LogP contribution is -2.28. The van der Waals surface area contributed by atoms with Crippen LogP contribution >= 0.6 is 11.3 Å². The number of aryl methyl sites for hydroxylation is 1. The summed E-state index contributed by atoms with van der Waals surface area (Å²) < 4.78 is 0. The highest BCUT2D eigenvalue weighted by Crippen LogP contribution is 2.37.